The second-order valence-corrected chi connectivity index (χ2v) is 4.21. The van der Waals surface area contributed by atoms with Crippen LogP contribution in [-0.4, -0.2) is 16.1 Å². The van der Waals surface area contributed by atoms with E-state index in [1.54, 1.807) is 0 Å². The predicted molar refractivity (Wildman–Crippen MR) is 57.2 cm³/mol. The van der Waals surface area contributed by atoms with E-state index in [0.29, 0.717) is 5.92 Å². The summed E-state index contributed by atoms with van der Waals surface area (Å²) in [5, 5.41) is 0. The Labute approximate surface area is 85.3 Å². The van der Waals surface area contributed by atoms with Crippen LogP contribution in [0.3, 0.4) is 0 Å². The quantitative estimate of drug-likeness (QED) is 0.792. The van der Waals surface area contributed by atoms with Gasteiger partial charge in [-0.1, -0.05) is 0 Å². The summed E-state index contributed by atoms with van der Waals surface area (Å²) in [6.45, 7) is 0.809. The van der Waals surface area contributed by atoms with E-state index in [4.69, 9.17) is 5.73 Å². The van der Waals surface area contributed by atoms with Gasteiger partial charge in [0, 0.05) is 18.7 Å². The molecule has 1 aromatic heterocycles. The van der Waals surface area contributed by atoms with Gasteiger partial charge in [0.1, 0.15) is 0 Å². The summed E-state index contributed by atoms with van der Waals surface area (Å²) in [4.78, 5) is 4.45. The Morgan fingerprint density at radius 1 is 1.64 bits per heavy atom. The minimum absolute atomic E-state index is 0.704. The van der Waals surface area contributed by atoms with Gasteiger partial charge >= 0.3 is 0 Å². The van der Waals surface area contributed by atoms with Gasteiger partial charge in [-0.3, -0.25) is 0 Å². The number of aromatic nitrogens is 2. The molecule has 3 nitrogen and oxygen atoms in total. The molecule has 1 aliphatic carbocycles. The number of aryl methyl sites for hydroxylation is 2. The van der Waals surface area contributed by atoms with E-state index in [1.165, 1.54) is 30.7 Å². The van der Waals surface area contributed by atoms with Crippen molar-refractivity contribution >= 4 is 0 Å². The van der Waals surface area contributed by atoms with Crippen LogP contribution in [0.5, 0.6) is 0 Å². The molecule has 0 fully saturated rings. The van der Waals surface area contributed by atoms with Gasteiger partial charge in [-0.15, -0.1) is 0 Å². The number of nitrogens with zero attached hydrogens (tertiary/aromatic N) is 2. The Morgan fingerprint density at radius 2 is 2.50 bits per heavy atom. The van der Waals surface area contributed by atoms with Gasteiger partial charge in [0.25, 0.3) is 0 Å². The number of hydrogen-bond donors (Lipinski definition) is 1. The van der Waals surface area contributed by atoms with Crippen LogP contribution in [0.25, 0.3) is 0 Å². The number of imidazole rings is 1. The fourth-order valence-electron chi connectivity index (χ4n) is 2.50. The van der Waals surface area contributed by atoms with Crippen molar-refractivity contribution < 1.29 is 0 Å². The van der Waals surface area contributed by atoms with E-state index in [9.17, 15) is 0 Å². The molecule has 0 aromatic carbocycles. The molecule has 0 spiro atoms. The molecule has 2 N–H and O–H groups in total. The zero-order valence-corrected chi connectivity index (χ0v) is 8.87. The highest BCUT2D eigenvalue weighted by Crippen LogP contribution is 2.33. The predicted octanol–water partition coefficient (Wildman–Crippen LogP) is 1.58. The highest BCUT2D eigenvalue weighted by molar-refractivity contribution is 5.21. The van der Waals surface area contributed by atoms with Crippen molar-refractivity contribution in [2.45, 2.75) is 38.0 Å². The van der Waals surface area contributed by atoms with E-state index in [0.717, 1.165) is 19.4 Å². The molecule has 0 saturated carbocycles. The molecule has 0 bridgehead atoms. The Morgan fingerprint density at radius 3 is 3.29 bits per heavy atom. The summed E-state index contributed by atoms with van der Waals surface area (Å²) in [6.07, 6.45) is 8.07. The molecule has 78 valence electrons. The SMILES string of the molecule is Cn1cnc2c1C(CCCN)CCC2. The average Bonchev–Trinajstić information content (AvgIpc) is 2.58. The van der Waals surface area contributed by atoms with E-state index >= 15 is 0 Å². The van der Waals surface area contributed by atoms with Crippen LogP contribution in [0.4, 0.5) is 0 Å². The summed E-state index contributed by atoms with van der Waals surface area (Å²) in [5.41, 5.74) is 8.34. The molecule has 2 rings (SSSR count). The Kier molecular flexibility index (Phi) is 2.87. The lowest BCUT2D eigenvalue weighted by Gasteiger charge is -2.23. The van der Waals surface area contributed by atoms with E-state index < -0.39 is 0 Å². The van der Waals surface area contributed by atoms with Crippen LogP contribution < -0.4 is 5.73 Å². The molecule has 0 radical (unpaired) electrons. The van der Waals surface area contributed by atoms with Crippen LogP contribution in [-0.2, 0) is 13.5 Å². The fraction of sp³-hybridized carbons (Fsp3) is 0.727. The monoisotopic (exact) mass is 193 g/mol. The highest BCUT2D eigenvalue weighted by atomic mass is 15.0. The minimum atomic E-state index is 0.704. The molecule has 1 heterocycles. The third-order valence-corrected chi connectivity index (χ3v) is 3.17. The molecule has 3 heteroatoms. The normalized spacial score (nSPS) is 20.9. The lowest BCUT2D eigenvalue weighted by atomic mass is 9.86. The number of hydrogen-bond acceptors (Lipinski definition) is 2. The summed E-state index contributed by atoms with van der Waals surface area (Å²) in [7, 11) is 2.10. The van der Waals surface area contributed by atoms with Crippen molar-refractivity contribution in [2.75, 3.05) is 6.54 Å². The fourth-order valence-corrected chi connectivity index (χ4v) is 2.50. The van der Waals surface area contributed by atoms with Gasteiger partial charge in [-0.05, 0) is 38.6 Å². The van der Waals surface area contributed by atoms with Crippen LogP contribution in [0.15, 0.2) is 6.33 Å². The molecule has 0 amide bonds. The molecule has 1 aromatic rings. The van der Waals surface area contributed by atoms with E-state index in [1.807, 2.05) is 6.33 Å². The molecular weight excluding hydrogens is 174 g/mol. The van der Waals surface area contributed by atoms with Crippen LogP contribution in [0, 0.1) is 0 Å². The maximum Gasteiger partial charge on any atom is 0.0949 e. The summed E-state index contributed by atoms with van der Waals surface area (Å²) >= 11 is 0. The molecule has 14 heavy (non-hydrogen) atoms. The first-order chi connectivity index (χ1) is 6.83. The van der Waals surface area contributed by atoms with Gasteiger partial charge in [0.15, 0.2) is 0 Å². The molecule has 0 saturated heterocycles. The van der Waals surface area contributed by atoms with Crippen molar-refractivity contribution in [1.29, 1.82) is 0 Å². The van der Waals surface area contributed by atoms with Gasteiger partial charge in [0.2, 0.25) is 0 Å². The zero-order valence-electron chi connectivity index (χ0n) is 8.87. The second kappa shape index (κ2) is 4.13. The first-order valence-corrected chi connectivity index (χ1v) is 5.53. The Balaban J connectivity index is 2.16. The zero-order chi connectivity index (χ0) is 9.97. The van der Waals surface area contributed by atoms with Crippen molar-refractivity contribution in [1.82, 2.24) is 9.55 Å². The van der Waals surface area contributed by atoms with Crippen LogP contribution >= 0.6 is 0 Å². The van der Waals surface area contributed by atoms with E-state index in [-0.39, 0.29) is 0 Å². The summed E-state index contributed by atoms with van der Waals surface area (Å²) in [5.74, 6) is 0.704. The van der Waals surface area contributed by atoms with Gasteiger partial charge < -0.3 is 10.3 Å². The molecule has 1 aliphatic rings. The smallest absolute Gasteiger partial charge is 0.0949 e. The first kappa shape index (κ1) is 9.71. The third kappa shape index (κ3) is 1.69. The molecule has 1 atom stereocenters. The maximum atomic E-state index is 5.56. The lowest BCUT2D eigenvalue weighted by Crippen LogP contribution is -2.14. The molecule has 1 unspecified atom stereocenters. The molecular formula is C11H19N3. The standard InChI is InChI=1S/C11H19N3/c1-14-8-13-10-6-2-4-9(11(10)14)5-3-7-12/h8-9H,2-7,12H2,1H3. The van der Waals surface area contributed by atoms with Crippen molar-refractivity contribution in [2.24, 2.45) is 12.8 Å². The van der Waals surface area contributed by atoms with Crippen LogP contribution in [0.1, 0.15) is 43.0 Å². The van der Waals surface area contributed by atoms with Crippen LogP contribution in [0.2, 0.25) is 0 Å². The summed E-state index contributed by atoms with van der Waals surface area (Å²) in [6, 6.07) is 0. The highest BCUT2D eigenvalue weighted by Gasteiger charge is 2.23. The van der Waals surface area contributed by atoms with Gasteiger partial charge in [-0.2, -0.15) is 0 Å². The first-order valence-electron chi connectivity index (χ1n) is 5.53. The number of rotatable bonds is 3. The Bertz CT molecular complexity index is 303. The third-order valence-electron chi connectivity index (χ3n) is 3.17. The van der Waals surface area contributed by atoms with Crippen molar-refractivity contribution in [3.63, 3.8) is 0 Å². The van der Waals surface area contributed by atoms with E-state index in [2.05, 4.69) is 16.6 Å². The van der Waals surface area contributed by atoms with Gasteiger partial charge in [0.05, 0.1) is 12.0 Å². The topological polar surface area (TPSA) is 43.8 Å². The summed E-state index contributed by atoms with van der Waals surface area (Å²) < 4.78 is 2.19. The van der Waals surface area contributed by atoms with Gasteiger partial charge in [-0.25, -0.2) is 4.98 Å². The molecule has 0 aliphatic heterocycles. The van der Waals surface area contributed by atoms with Crippen molar-refractivity contribution in [3.8, 4) is 0 Å². The average molecular weight is 193 g/mol. The maximum absolute atomic E-state index is 5.56. The number of nitrogens with two attached hydrogens (primary N) is 1. The largest absolute Gasteiger partial charge is 0.337 e. The second-order valence-electron chi connectivity index (χ2n) is 4.21. The lowest BCUT2D eigenvalue weighted by molar-refractivity contribution is 0.482. The minimum Gasteiger partial charge on any atom is -0.337 e. The number of fused-ring (bicyclic) bond motifs is 1. The van der Waals surface area contributed by atoms with Crippen molar-refractivity contribution in [3.05, 3.63) is 17.7 Å². The Hall–Kier alpha value is -0.830.